The van der Waals surface area contributed by atoms with Crippen LogP contribution in [0.2, 0.25) is 0 Å². The van der Waals surface area contributed by atoms with Gasteiger partial charge in [0.25, 0.3) is 0 Å². The van der Waals surface area contributed by atoms with E-state index in [1.54, 1.807) is 6.20 Å². The molecule has 162 valence electrons. The van der Waals surface area contributed by atoms with Gasteiger partial charge in [-0.2, -0.15) is 0 Å². The van der Waals surface area contributed by atoms with Crippen LogP contribution in [0.1, 0.15) is 5.69 Å². The summed E-state index contributed by atoms with van der Waals surface area (Å²) in [6.07, 6.45) is 3.63. The van der Waals surface area contributed by atoms with Crippen molar-refractivity contribution in [2.45, 2.75) is 6.61 Å². The van der Waals surface area contributed by atoms with Crippen molar-refractivity contribution in [2.24, 2.45) is 0 Å². The standard InChI is InChI=1S/C21H26N8O2/c30-14-16-11-15-12-24-21(27-19(15)20(25-16)29-7-9-31-10-8-29)26-18-2-1-17(13-23-18)28-5-3-22-4-6-28/h1-2,11-13,22,30H,3-10,14H2,(H,23,24,26,27). The Morgan fingerprint density at radius 3 is 2.58 bits per heavy atom. The molecule has 5 heterocycles. The molecule has 0 atom stereocenters. The zero-order valence-corrected chi connectivity index (χ0v) is 17.3. The lowest BCUT2D eigenvalue weighted by Crippen LogP contribution is -2.43. The molecule has 5 rings (SSSR count). The Kier molecular flexibility index (Phi) is 5.74. The fourth-order valence-corrected chi connectivity index (χ4v) is 3.90. The van der Waals surface area contributed by atoms with Crippen LogP contribution in [0.4, 0.5) is 23.3 Å². The van der Waals surface area contributed by atoms with Crippen LogP contribution in [0.5, 0.6) is 0 Å². The predicted octanol–water partition coefficient (Wildman–Crippen LogP) is 0.902. The highest BCUT2D eigenvalue weighted by Crippen LogP contribution is 2.26. The molecule has 0 amide bonds. The smallest absolute Gasteiger partial charge is 0.229 e. The van der Waals surface area contributed by atoms with Crippen LogP contribution in [0.25, 0.3) is 10.9 Å². The van der Waals surface area contributed by atoms with E-state index in [2.05, 4.69) is 41.5 Å². The van der Waals surface area contributed by atoms with E-state index in [1.165, 1.54) is 0 Å². The molecule has 0 aromatic carbocycles. The molecule has 0 saturated carbocycles. The van der Waals surface area contributed by atoms with Gasteiger partial charge >= 0.3 is 0 Å². The van der Waals surface area contributed by atoms with Crippen molar-refractivity contribution in [3.8, 4) is 0 Å². The Morgan fingerprint density at radius 2 is 1.84 bits per heavy atom. The minimum Gasteiger partial charge on any atom is -0.390 e. The summed E-state index contributed by atoms with van der Waals surface area (Å²) in [7, 11) is 0. The van der Waals surface area contributed by atoms with Crippen molar-refractivity contribution >= 4 is 34.2 Å². The lowest BCUT2D eigenvalue weighted by molar-refractivity contribution is 0.122. The molecule has 0 aliphatic carbocycles. The van der Waals surface area contributed by atoms with Crippen LogP contribution in [-0.2, 0) is 11.3 Å². The summed E-state index contributed by atoms with van der Waals surface area (Å²) in [5.41, 5.74) is 2.46. The van der Waals surface area contributed by atoms with Crippen molar-refractivity contribution < 1.29 is 9.84 Å². The van der Waals surface area contributed by atoms with Gasteiger partial charge in [0, 0.05) is 50.9 Å². The second kappa shape index (κ2) is 8.96. The summed E-state index contributed by atoms with van der Waals surface area (Å²) >= 11 is 0. The summed E-state index contributed by atoms with van der Waals surface area (Å²) in [4.78, 5) is 22.8. The van der Waals surface area contributed by atoms with Crippen molar-refractivity contribution in [3.05, 3.63) is 36.3 Å². The van der Waals surface area contributed by atoms with E-state index in [4.69, 9.17) is 9.72 Å². The molecule has 3 N–H and O–H groups in total. The van der Waals surface area contributed by atoms with Gasteiger partial charge in [-0.1, -0.05) is 0 Å². The van der Waals surface area contributed by atoms with Crippen LogP contribution in [0.15, 0.2) is 30.6 Å². The van der Waals surface area contributed by atoms with Gasteiger partial charge in [-0.25, -0.2) is 19.9 Å². The first kappa shape index (κ1) is 19.9. The number of aliphatic hydroxyl groups is 1. The van der Waals surface area contributed by atoms with Crippen LogP contribution in [0.3, 0.4) is 0 Å². The van der Waals surface area contributed by atoms with Gasteiger partial charge in [0.15, 0.2) is 5.82 Å². The SMILES string of the molecule is OCc1cc2cnc(Nc3ccc(N4CCNCC4)cn3)nc2c(N2CCOCC2)n1. The normalized spacial score (nSPS) is 17.2. The number of fused-ring (bicyclic) bond motifs is 1. The number of pyridine rings is 2. The quantitative estimate of drug-likeness (QED) is 0.548. The maximum absolute atomic E-state index is 9.61. The van der Waals surface area contributed by atoms with Crippen molar-refractivity contribution in [1.82, 2.24) is 25.3 Å². The monoisotopic (exact) mass is 422 g/mol. The van der Waals surface area contributed by atoms with Crippen molar-refractivity contribution in [2.75, 3.05) is 67.6 Å². The van der Waals surface area contributed by atoms with E-state index in [0.29, 0.717) is 30.7 Å². The first-order valence-electron chi connectivity index (χ1n) is 10.6. The number of nitrogens with one attached hydrogen (secondary N) is 2. The first-order valence-corrected chi connectivity index (χ1v) is 10.6. The van der Waals surface area contributed by atoms with Gasteiger partial charge in [-0.05, 0) is 18.2 Å². The lowest BCUT2D eigenvalue weighted by Gasteiger charge is -2.29. The maximum atomic E-state index is 9.61. The fraction of sp³-hybridized carbons (Fsp3) is 0.429. The molecule has 2 saturated heterocycles. The number of aromatic nitrogens is 4. The first-order chi connectivity index (χ1) is 15.3. The predicted molar refractivity (Wildman–Crippen MR) is 119 cm³/mol. The van der Waals surface area contributed by atoms with Crippen LogP contribution >= 0.6 is 0 Å². The highest BCUT2D eigenvalue weighted by Gasteiger charge is 2.18. The van der Waals surface area contributed by atoms with Gasteiger partial charge < -0.3 is 30.3 Å². The minimum absolute atomic E-state index is 0.128. The average Bonchev–Trinajstić information content (AvgIpc) is 2.85. The molecule has 2 aliphatic heterocycles. The van der Waals surface area contributed by atoms with E-state index in [0.717, 1.165) is 61.7 Å². The number of rotatable bonds is 5. The molecule has 3 aromatic rings. The third-order valence-electron chi connectivity index (χ3n) is 5.54. The molecule has 10 heteroatoms. The van der Waals surface area contributed by atoms with E-state index in [9.17, 15) is 5.11 Å². The second-order valence-electron chi connectivity index (χ2n) is 7.59. The molecule has 3 aromatic heterocycles. The molecule has 0 radical (unpaired) electrons. The van der Waals surface area contributed by atoms with Crippen molar-refractivity contribution in [3.63, 3.8) is 0 Å². The number of hydrogen-bond donors (Lipinski definition) is 3. The largest absolute Gasteiger partial charge is 0.390 e. The Morgan fingerprint density at radius 1 is 1.00 bits per heavy atom. The lowest BCUT2D eigenvalue weighted by atomic mass is 10.2. The molecule has 10 nitrogen and oxygen atoms in total. The number of anilines is 4. The Bertz CT molecular complexity index is 1030. The number of aliphatic hydroxyl groups excluding tert-OH is 1. The summed E-state index contributed by atoms with van der Waals surface area (Å²) in [5, 5.41) is 17.0. The fourth-order valence-electron chi connectivity index (χ4n) is 3.90. The highest BCUT2D eigenvalue weighted by atomic mass is 16.5. The number of hydrogen-bond acceptors (Lipinski definition) is 10. The molecule has 0 bridgehead atoms. The van der Waals surface area contributed by atoms with E-state index in [1.807, 2.05) is 18.3 Å². The van der Waals surface area contributed by atoms with Gasteiger partial charge in [0.05, 0.1) is 37.4 Å². The molecule has 0 spiro atoms. The number of ether oxygens (including phenoxy) is 1. The topological polar surface area (TPSA) is 112 Å². The Hall–Kier alpha value is -3.08. The van der Waals surface area contributed by atoms with E-state index in [-0.39, 0.29) is 6.61 Å². The molecule has 2 fully saturated rings. The van der Waals surface area contributed by atoms with Crippen LogP contribution in [0, 0.1) is 0 Å². The average molecular weight is 422 g/mol. The Labute approximate surface area is 180 Å². The maximum Gasteiger partial charge on any atom is 0.229 e. The molecular formula is C21H26N8O2. The number of piperazine rings is 1. The number of morpholine rings is 1. The summed E-state index contributed by atoms with van der Waals surface area (Å²) in [6.45, 7) is 6.57. The van der Waals surface area contributed by atoms with Crippen molar-refractivity contribution in [1.29, 1.82) is 0 Å². The van der Waals surface area contributed by atoms with Crippen LogP contribution in [-0.4, -0.2) is 77.5 Å². The van der Waals surface area contributed by atoms with Gasteiger partial charge in [-0.15, -0.1) is 0 Å². The minimum atomic E-state index is -0.128. The Balaban J connectivity index is 1.41. The highest BCUT2D eigenvalue weighted by molar-refractivity contribution is 5.89. The number of nitrogens with zero attached hydrogens (tertiary/aromatic N) is 6. The molecule has 0 unspecified atom stereocenters. The summed E-state index contributed by atoms with van der Waals surface area (Å²) in [6, 6.07) is 5.83. The van der Waals surface area contributed by atoms with Gasteiger partial charge in [0.1, 0.15) is 11.3 Å². The third kappa shape index (κ3) is 4.36. The van der Waals surface area contributed by atoms with Gasteiger partial charge in [-0.3, -0.25) is 0 Å². The third-order valence-corrected chi connectivity index (χ3v) is 5.54. The molecule has 31 heavy (non-hydrogen) atoms. The zero-order valence-electron chi connectivity index (χ0n) is 17.3. The van der Waals surface area contributed by atoms with E-state index < -0.39 is 0 Å². The second-order valence-corrected chi connectivity index (χ2v) is 7.59. The zero-order chi connectivity index (χ0) is 21.0. The van der Waals surface area contributed by atoms with Gasteiger partial charge in [0.2, 0.25) is 5.95 Å². The molecular weight excluding hydrogens is 396 g/mol. The van der Waals surface area contributed by atoms with Crippen LogP contribution < -0.4 is 20.4 Å². The molecule has 2 aliphatic rings. The summed E-state index contributed by atoms with van der Waals surface area (Å²) in [5.74, 6) is 1.89. The summed E-state index contributed by atoms with van der Waals surface area (Å²) < 4.78 is 5.47. The van der Waals surface area contributed by atoms with E-state index >= 15 is 0 Å².